The Morgan fingerprint density at radius 3 is 2.55 bits per heavy atom. The molecule has 0 saturated heterocycles. The number of nitrogens with zero attached hydrogens (tertiary/aromatic N) is 4. The molecular formula is C19H27F3N6O. The van der Waals surface area contributed by atoms with Crippen molar-refractivity contribution in [3.63, 3.8) is 0 Å². The van der Waals surface area contributed by atoms with E-state index in [9.17, 15) is 13.2 Å². The van der Waals surface area contributed by atoms with Crippen LogP contribution in [-0.4, -0.2) is 46.6 Å². The highest BCUT2D eigenvalue weighted by molar-refractivity contribution is 5.79. The fourth-order valence-corrected chi connectivity index (χ4v) is 2.84. The van der Waals surface area contributed by atoms with Crippen LogP contribution >= 0.6 is 0 Å². The van der Waals surface area contributed by atoms with Gasteiger partial charge >= 0.3 is 6.18 Å². The van der Waals surface area contributed by atoms with Crippen LogP contribution in [0.25, 0.3) is 0 Å². The molecule has 0 spiro atoms. The zero-order valence-electron chi connectivity index (χ0n) is 17.3. The van der Waals surface area contributed by atoms with Gasteiger partial charge in [0.1, 0.15) is 0 Å². The van der Waals surface area contributed by atoms with Gasteiger partial charge < -0.3 is 15.4 Å². The van der Waals surface area contributed by atoms with Gasteiger partial charge in [0.15, 0.2) is 12.6 Å². The number of halogens is 3. The summed E-state index contributed by atoms with van der Waals surface area (Å²) in [5.74, 6) is 0.554. The summed E-state index contributed by atoms with van der Waals surface area (Å²) >= 11 is 0. The summed E-state index contributed by atoms with van der Waals surface area (Å²) in [5, 5.41) is 10.9. The summed E-state index contributed by atoms with van der Waals surface area (Å²) in [6, 6.07) is 3.19. The van der Waals surface area contributed by atoms with Crippen molar-refractivity contribution in [2.24, 2.45) is 12.0 Å². The van der Waals surface area contributed by atoms with Gasteiger partial charge in [-0.05, 0) is 38.3 Å². The molecule has 10 heteroatoms. The van der Waals surface area contributed by atoms with E-state index in [1.807, 2.05) is 25.6 Å². The summed E-state index contributed by atoms with van der Waals surface area (Å²) in [6.07, 6.45) is -2.11. The van der Waals surface area contributed by atoms with E-state index in [1.165, 1.54) is 17.8 Å². The molecule has 0 aliphatic carbocycles. The van der Waals surface area contributed by atoms with Crippen molar-refractivity contribution in [3.05, 3.63) is 40.8 Å². The number of aromatic nitrogens is 3. The van der Waals surface area contributed by atoms with E-state index in [4.69, 9.17) is 0 Å². The normalized spacial score (nSPS) is 13.3. The molecule has 0 bridgehead atoms. The quantitative estimate of drug-likeness (QED) is 0.540. The number of alkyl halides is 3. The molecule has 29 heavy (non-hydrogen) atoms. The molecule has 0 radical (unpaired) electrons. The summed E-state index contributed by atoms with van der Waals surface area (Å²) in [6.45, 7) is 5.17. The summed E-state index contributed by atoms with van der Waals surface area (Å²) < 4.78 is 43.0. The topological polar surface area (TPSA) is 76.4 Å². The van der Waals surface area contributed by atoms with Crippen molar-refractivity contribution in [2.45, 2.75) is 46.0 Å². The summed E-state index contributed by atoms with van der Waals surface area (Å²) in [5.41, 5.74) is 4.15. The van der Waals surface area contributed by atoms with Crippen LogP contribution in [0.1, 0.15) is 29.4 Å². The van der Waals surface area contributed by atoms with Gasteiger partial charge in [0, 0.05) is 44.6 Å². The second kappa shape index (κ2) is 9.62. The zero-order valence-corrected chi connectivity index (χ0v) is 17.3. The van der Waals surface area contributed by atoms with Gasteiger partial charge in [-0.3, -0.25) is 9.67 Å². The molecule has 2 N–H and O–H groups in total. The van der Waals surface area contributed by atoms with E-state index < -0.39 is 12.8 Å². The Morgan fingerprint density at radius 2 is 2.03 bits per heavy atom. The molecule has 0 fully saturated rings. The first-order valence-corrected chi connectivity index (χ1v) is 9.19. The van der Waals surface area contributed by atoms with Crippen LogP contribution in [0.2, 0.25) is 0 Å². The molecule has 2 heterocycles. The molecule has 0 aliphatic rings. The fraction of sp³-hybridized carbons (Fsp3) is 0.526. The molecule has 7 nitrogen and oxygen atoms in total. The standard InChI is InChI=1S/C19H27F3N6O/c1-12(8-16-13(2)27-28(5)14(16)3)26-18(23-4)25-10-15-6-7-17(24-9-15)29-11-19(20,21)22/h6-7,9,12H,8,10-11H2,1-5H3,(H2,23,25,26). The predicted molar refractivity (Wildman–Crippen MR) is 105 cm³/mol. The zero-order chi connectivity index (χ0) is 21.6. The van der Waals surface area contributed by atoms with E-state index in [0.717, 1.165) is 23.4 Å². The van der Waals surface area contributed by atoms with Crippen LogP contribution in [0.3, 0.4) is 0 Å². The Labute approximate surface area is 168 Å². The van der Waals surface area contributed by atoms with E-state index in [2.05, 4.69) is 37.4 Å². The van der Waals surface area contributed by atoms with Crippen LogP contribution in [-0.2, 0) is 20.0 Å². The minimum absolute atomic E-state index is 0.0654. The first-order chi connectivity index (χ1) is 13.6. The Balaban J connectivity index is 1.85. The van der Waals surface area contributed by atoms with E-state index in [-0.39, 0.29) is 11.9 Å². The Kier molecular flexibility index (Phi) is 7.46. The van der Waals surface area contributed by atoms with E-state index in [0.29, 0.717) is 12.5 Å². The fourth-order valence-electron chi connectivity index (χ4n) is 2.84. The third-order valence-corrected chi connectivity index (χ3v) is 4.42. The lowest BCUT2D eigenvalue weighted by Crippen LogP contribution is -2.42. The van der Waals surface area contributed by atoms with Crippen molar-refractivity contribution < 1.29 is 17.9 Å². The number of nitrogens with one attached hydrogen (secondary N) is 2. The van der Waals surface area contributed by atoms with Gasteiger partial charge in [0.05, 0.1) is 5.69 Å². The minimum atomic E-state index is -4.39. The average molecular weight is 412 g/mol. The maximum Gasteiger partial charge on any atom is 0.422 e. The predicted octanol–water partition coefficient (Wildman–Crippen LogP) is 2.67. The first-order valence-electron chi connectivity index (χ1n) is 9.19. The van der Waals surface area contributed by atoms with Gasteiger partial charge in [0.2, 0.25) is 5.88 Å². The Hall–Kier alpha value is -2.78. The van der Waals surface area contributed by atoms with Crippen molar-refractivity contribution in [1.29, 1.82) is 0 Å². The van der Waals surface area contributed by atoms with Crippen LogP contribution in [0.5, 0.6) is 5.88 Å². The van der Waals surface area contributed by atoms with Crippen molar-refractivity contribution >= 4 is 5.96 Å². The molecule has 0 amide bonds. The third kappa shape index (κ3) is 6.95. The molecule has 0 aliphatic heterocycles. The molecular weight excluding hydrogens is 385 g/mol. The molecule has 0 saturated carbocycles. The maximum absolute atomic E-state index is 12.2. The maximum atomic E-state index is 12.2. The molecule has 1 atom stereocenters. The molecule has 1 unspecified atom stereocenters. The molecule has 160 valence electrons. The molecule has 0 aromatic carbocycles. The lowest BCUT2D eigenvalue weighted by molar-refractivity contribution is -0.154. The molecule has 2 rings (SSSR count). The van der Waals surface area contributed by atoms with Gasteiger partial charge in [-0.15, -0.1) is 0 Å². The average Bonchev–Trinajstić information content (AvgIpc) is 2.89. The number of pyridine rings is 1. The van der Waals surface area contributed by atoms with Gasteiger partial charge in [-0.2, -0.15) is 18.3 Å². The number of hydrogen-bond acceptors (Lipinski definition) is 4. The lowest BCUT2D eigenvalue weighted by Gasteiger charge is -2.18. The number of aryl methyl sites for hydroxylation is 2. The number of hydrogen-bond donors (Lipinski definition) is 2. The third-order valence-electron chi connectivity index (χ3n) is 4.42. The van der Waals surface area contributed by atoms with Crippen molar-refractivity contribution in [2.75, 3.05) is 13.7 Å². The SMILES string of the molecule is CN=C(NCc1ccc(OCC(F)(F)F)nc1)NC(C)Cc1c(C)nn(C)c1C. The number of aliphatic imine (C=N–C) groups is 1. The summed E-state index contributed by atoms with van der Waals surface area (Å²) in [4.78, 5) is 8.10. The highest BCUT2D eigenvalue weighted by Gasteiger charge is 2.28. The van der Waals surface area contributed by atoms with Crippen LogP contribution in [0.4, 0.5) is 13.2 Å². The number of guanidine groups is 1. The van der Waals surface area contributed by atoms with Gasteiger partial charge in [-0.25, -0.2) is 4.98 Å². The second-order valence-corrected chi connectivity index (χ2v) is 6.86. The van der Waals surface area contributed by atoms with Crippen LogP contribution in [0, 0.1) is 13.8 Å². The van der Waals surface area contributed by atoms with E-state index in [1.54, 1.807) is 13.1 Å². The van der Waals surface area contributed by atoms with Crippen LogP contribution < -0.4 is 15.4 Å². The Bertz CT molecular complexity index is 830. The van der Waals surface area contributed by atoms with E-state index >= 15 is 0 Å². The molecule has 2 aromatic rings. The lowest BCUT2D eigenvalue weighted by atomic mass is 10.1. The largest absolute Gasteiger partial charge is 0.468 e. The van der Waals surface area contributed by atoms with Gasteiger partial charge in [-0.1, -0.05) is 6.07 Å². The van der Waals surface area contributed by atoms with Gasteiger partial charge in [0.25, 0.3) is 0 Å². The molecule has 2 aromatic heterocycles. The summed E-state index contributed by atoms with van der Waals surface area (Å²) in [7, 11) is 3.60. The van der Waals surface area contributed by atoms with Crippen molar-refractivity contribution in [1.82, 2.24) is 25.4 Å². The monoisotopic (exact) mass is 412 g/mol. The minimum Gasteiger partial charge on any atom is -0.468 e. The highest BCUT2D eigenvalue weighted by Crippen LogP contribution is 2.17. The number of rotatable bonds is 7. The smallest absolute Gasteiger partial charge is 0.422 e. The number of ether oxygens (including phenoxy) is 1. The Morgan fingerprint density at radius 1 is 1.31 bits per heavy atom. The second-order valence-electron chi connectivity index (χ2n) is 6.86. The highest BCUT2D eigenvalue weighted by atomic mass is 19.4. The van der Waals surface area contributed by atoms with Crippen LogP contribution in [0.15, 0.2) is 23.3 Å². The van der Waals surface area contributed by atoms with Crippen molar-refractivity contribution in [3.8, 4) is 5.88 Å². The first kappa shape index (κ1) is 22.5.